The second-order valence-electron chi connectivity index (χ2n) is 2.98. The lowest BCUT2D eigenvalue weighted by Gasteiger charge is -2.42. The SMILES string of the molecule is C=CCOC(OCF)(OCF)C(OCF)(OCF)OCF. The molecule has 0 saturated heterocycles. The van der Waals surface area contributed by atoms with Crippen molar-refractivity contribution in [1.29, 1.82) is 0 Å². The molecular formula is C10H15F5O6. The quantitative estimate of drug-likeness (QED) is 0.277. The Labute approximate surface area is 117 Å². The van der Waals surface area contributed by atoms with E-state index in [0.717, 1.165) is 6.08 Å². The molecule has 0 bridgehead atoms. The first-order valence-corrected chi connectivity index (χ1v) is 5.36. The van der Waals surface area contributed by atoms with E-state index in [-0.39, 0.29) is 0 Å². The average Bonchev–Trinajstić information content (AvgIpc) is 2.46. The van der Waals surface area contributed by atoms with Gasteiger partial charge in [-0.1, -0.05) is 6.08 Å². The Kier molecular flexibility index (Phi) is 10.4. The summed E-state index contributed by atoms with van der Waals surface area (Å²) >= 11 is 0. The van der Waals surface area contributed by atoms with Crippen LogP contribution in [0.3, 0.4) is 0 Å². The van der Waals surface area contributed by atoms with E-state index in [2.05, 4.69) is 30.3 Å². The predicted molar refractivity (Wildman–Crippen MR) is 56.9 cm³/mol. The van der Waals surface area contributed by atoms with Gasteiger partial charge < -0.3 is 4.74 Å². The van der Waals surface area contributed by atoms with Crippen LogP contribution in [0.5, 0.6) is 0 Å². The molecule has 0 N–H and O–H groups in total. The van der Waals surface area contributed by atoms with Gasteiger partial charge in [-0.25, -0.2) is 22.0 Å². The van der Waals surface area contributed by atoms with Gasteiger partial charge in [0.15, 0.2) is 34.3 Å². The van der Waals surface area contributed by atoms with E-state index >= 15 is 0 Å². The van der Waals surface area contributed by atoms with Gasteiger partial charge in [0.2, 0.25) is 0 Å². The highest BCUT2D eigenvalue weighted by Crippen LogP contribution is 2.36. The van der Waals surface area contributed by atoms with Crippen molar-refractivity contribution in [2.45, 2.75) is 11.9 Å². The van der Waals surface area contributed by atoms with Crippen molar-refractivity contribution in [3.05, 3.63) is 12.7 Å². The smallest absolute Gasteiger partial charge is 0.317 e. The maximum absolute atomic E-state index is 12.5. The molecule has 11 heteroatoms. The molecule has 0 atom stereocenters. The van der Waals surface area contributed by atoms with Crippen LogP contribution in [0.2, 0.25) is 0 Å². The van der Waals surface area contributed by atoms with E-state index in [1.807, 2.05) is 0 Å². The summed E-state index contributed by atoms with van der Waals surface area (Å²) in [5, 5.41) is 0. The second kappa shape index (κ2) is 10.8. The van der Waals surface area contributed by atoms with Crippen LogP contribution in [0.15, 0.2) is 12.7 Å². The molecule has 6 nitrogen and oxygen atoms in total. The zero-order valence-electron chi connectivity index (χ0n) is 10.9. The van der Waals surface area contributed by atoms with E-state index < -0.39 is 52.9 Å². The van der Waals surface area contributed by atoms with Crippen molar-refractivity contribution in [3.8, 4) is 0 Å². The molecule has 0 spiro atoms. The topological polar surface area (TPSA) is 55.4 Å². The van der Waals surface area contributed by atoms with Gasteiger partial charge in [0, 0.05) is 0 Å². The highest BCUT2D eigenvalue weighted by Gasteiger charge is 2.62. The van der Waals surface area contributed by atoms with Gasteiger partial charge in [0.05, 0.1) is 6.61 Å². The molecule has 0 aliphatic carbocycles. The maximum Gasteiger partial charge on any atom is 0.377 e. The van der Waals surface area contributed by atoms with E-state index in [1.165, 1.54) is 0 Å². The van der Waals surface area contributed by atoms with Crippen molar-refractivity contribution in [1.82, 2.24) is 0 Å². The lowest BCUT2D eigenvalue weighted by Crippen LogP contribution is -2.64. The van der Waals surface area contributed by atoms with Crippen LogP contribution in [0.4, 0.5) is 22.0 Å². The fraction of sp³-hybridized carbons (Fsp3) is 0.800. The minimum atomic E-state index is -3.20. The van der Waals surface area contributed by atoms with Crippen LogP contribution in [0.25, 0.3) is 0 Å². The Morgan fingerprint density at radius 2 is 0.905 bits per heavy atom. The normalized spacial score (nSPS) is 12.6. The lowest BCUT2D eigenvalue weighted by atomic mass is 10.4. The van der Waals surface area contributed by atoms with Gasteiger partial charge in [-0.05, 0) is 0 Å². The van der Waals surface area contributed by atoms with Crippen LogP contribution >= 0.6 is 0 Å². The van der Waals surface area contributed by atoms with Crippen LogP contribution in [0, 0.1) is 0 Å². The first-order valence-electron chi connectivity index (χ1n) is 5.36. The highest BCUT2D eigenvalue weighted by atomic mass is 19.2. The molecule has 0 aromatic carbocycles. The summed E-state index contributed by atoms with van der Waals surface area (Å²) in [6.07, 6.45) is 1.07. The van der Waals surface area contributed by atoms with Crippen LogP contribution in [0.1, 0.15) is 0 Å². The number of rotatable bonds is 14. The van der Waals surface area contributed by atoms with Gasteiger partial charge in [-0.3, -0.25) is 23.7 Å². The third kappa shape index (κ3) is 5.13. The number of alkyl halides is 5. The third-order valence-electron chi connectivity index (χ3n) is 1.99. The summed E-state index contributed by atoms with van der Waals surface area (Å²) in [6, 6.07) is 0. The third-order valence-corrected chi connectivity index (χ3v) is 1.99. The summed E-state index contributed by atoms with van der Waals surface area (Å²) < 4.78 is 88.6. The fourth-order valence-corrected chi connectivity index (χ4v) is 1.31. The zero-order chi connectivity index (χ0) is 16.2. The Morgan fingerprint density at radius 1 is 0.619 bits per heavy atom. The molecule has 0 aliphatic heterocycles. The van der Waals surface area contributed by atoms with Gasteiger partial charge in [-0.15, -0.1) is 6.58 Å². The summed E-state index contributed by atoms with van der Waals surface area (Å²) in [5.41, 5.74) is 0. The van der Waals surface area contributed by atoms with Crippen LogP contribution in [-0.4, -0.2) is 52.9 Å². The molecular weight excluding hydrogens is 311 g/mol. The van der Waals surface area contributed by atoms with Crippen LogP contribution in [-0.2, 0) is 28.4 Å². The minimum Gasteiger partial charge on any atom is -0.317 e. The first-order chi connectivity index (χ1) is 10.1. The maximum atomic E-state index is 12.5. The zero-order valence-corrected chi connectivity index (χ0v) is 10.9. The molecule has 0 aromatic rings. The molecule has 0 saturated carbocycles. The highest BCUT2D eigenvalue weighted by molar-refractivity contribution is 4.76. The molecule has 0 amide bonds. The Balaban J connectivity index is 5.70. The minimum absolute atomic E-state index is 0.497. The van der Waals surface area contributed by atoms with E-state index in [4.69, 9.17) is 4.74 Å². The van der Waals surface area contributed by atoms with Crippen molar-refractivity contribution >= 4 is 0 Å². The molecule has 0 radical (unpaired) electrons. The molecule has 0 rings (SSSR count). The summed E-state index contributed by atoms with van der Waals surface area (Å²) in [4.78, 5) is 0. The molecule has 0 heterocycles. The Morgan fingerprint density at radius 3 is 1.14 bits per heavy atom. The van der Waals surface area contributed by atoms with Gasteiger partial charge in [0.25, 0.3) is 0 Å². The standard InChI is InChI=1S/C10H15F5O6/c1-2-3-16-9(17-4-11,18-5-12)10(19-6-13,20-7-14)21-8-15/h2H,1,3-8H2. The van der Waals surface area contributed by atoms with Gasteiger partial charge in [0.1, 0.15) is 0 Å². The molecule has 0 aromatic heterocycles. The Bertz CT molecular complexity index is 260. The number of ether oxygens (including phenoxy) is 6. The number of hydrogen-bond acceptors (Lipinski definition) is 6. The molecule has 21 heavy (non-hydrogen) atoms. The molecule has 0 aliphatic rings. The van der Waals surface area contributed by atoms with E-state index in [1.54, 1.807) is 0 Å². The summed E-state index contributed by atoms with van der Waals surface area (Å²) in [5.74, 6) is -6.29. The molecule has 0 unspecified atom stereocenters. The largest absolute Gasteiger partial charge is 0.377 e. The molecule has 126 valence electrons. The predicted octanol–water partition coefficient (Wildman–Crippen LogP) is 2.21. The van der Waals surface area contributed by atoms with Gasteiger partial charge >= 0.3 is 11.9 Å². The average molecular weight is 326 g/mol. The summed E-state index contributed by atoms with van der Waals surface area (Å²) in [7, 11) is 0. The van der Waals surface area contributed by atoms with E-state index in [0.29, 0.717) is 0 Å². The first kappa shape index (κ1) is 20.1. The van der Waals surface area contributed by atoms with E-state index in [9.17, 15) is 22.0 Å². The fourth-order valence-electron chi connectivity index (χ4n) is 1.31. The summed E-state index contributed by atoms with van der Waals surface area (Å²) in [6.45, 7) is -5.85. The lowest BCUT2D eigenvalue weighted by molar-refractivity contribution is -0.574. The molecule has 0 fully saturated rings. The van der Waals surface area contributed by atoms with Crippen molar-refractivity contribution in [3.63, 3.8) is 0 Å². The Hall–Kier alpha value is -0.850. The number of hydrogen-bond donors (Lipinski definition) is 0. The van der Waals surface area contributed by atoms with Gasteiger partial charge in [-0.2, -0.15) is 0 Å². The van der Waals surface area contributed by atoms with Crippen molar-refractivity contribution in [2.75, 3.05) is 40.9 Å². The number of halogens is 5. The second-order valence-corrected chi connectivity index (χ2v) is 2.98. The van der Waals surface area contributed by atoms with Crippen molar-refractivity contribution in [2.24, 2.45) is 0 Å². The monoisotopic (exact) mass is 326 g/mol. The van der Waals surface area contributed by atoms with Crippen molar-refractivity contribution < 1.29 is 50.4 Å². The van der Waals surface area contributed by atoms with Crippen LogP contribution < -0.4 is 0 Å².